The maximum atomic E-state index is 12.2. The molecule has 1 aromatic heterocycles. The van der Waals surface area contributed by atoms with Gasteiger partial charge in [0.05, 0.1) is 6.54 Å². The molecule has 25 heavy (non-hydrogen) atoms. The van der Waals surface area contributed by atoms with Crippen LogP contribution in [0.4, 0.5) is 0 Å². The number of aromatic hydroxyl groups is 1. The van der Waals surface area contributed by atoms with Crippen molar-refractivity contribution < 1.29 is 14.7 Å². The van der Waals surface area contributed by atoms with E-state index in [0.29, 0.717) is 17.5 Å². The number of ketones is 1. The van der Waals surface area contributed by atoms with Crippen LogP contribution < -0.4 is 5.32 Å². The van der Waals surface area contributed by atoms with E-state index in [4.69, 9.17) is 0 Å². The number of phenolic OH excluding ortho intramolecular Hbond substituents is 1. The van der Waals surface area contributed by atoms with E-state index in [1.54, 1.807) is 43.5 Å². The largest absolute Gasteiger partial charge is 0.506 e. The van der Waals surface area contributed by atoms with Gasteiger partial charge in [0.25, 0.3) is 5.91 Å². The molecule has 0 fully saturated rings. The normalized spacial score (nSPS) is 10.6. The van der Waals surface area contributed by atoms with Gasteiger partial charge in [-0.15, -0.1) is 0 Å². The van der Waals surface area contributed by atoms with Crippen molar-refractivity contribution in [2.45, 2.75) is 13.3 Å². The number of hydrogen-bond donors (Lipinski definition) is 2. The SMILES string of the molecule is CCC(=O)CNC(=O)c1cccc(-c2cc(O)c3ncccc3c2)c1. The lowest BCUT2D eigenvalue weighted by atomic mass is 10.0. The van der Waals surface area contributed by atoms with Gasteiger partial charge in [0.15, 0.2) is 5.78 Å². The number of phenols is 1. The second-order valence-electron chi connectivity index (χ2n) is 5.73. The summed E-state index contributed by atoms with van der Waals surface area (Å²) < 4.78 is 0. The molecule has 0 bridgehead atoms. The van der Waals surface area contributed by atoms with Crippen molar-refractivity contribution in [3.63, 3.8) is 0 Å². The molecule has 5 heteroatoms. The van der Waals surface area contributed by atoms with Crippen LogP contribution >= 0.6 is 0 Å². The van der Waals surface area contributed by atoms with E-state index >= 15 is 0 Å². The third-order valence-corrected chi connectivity index (χ3v) is 3.98. The van der Waals surface area contributed by atoms with Crippen molar-refractivity contribution in [1.29, 1.82) is 0 Å². The van der Waals surface area contributed by atoms with Gasteiger partial charge in [0, 0.05) is 23.6 Å². The Labute approximate surface area is 145 Å². The topological polar surface area (TPSA) is 79.3 Å². The average Bonchev–Trinajstić information content (AvgIpc) is 2.65. The molecule has 0 atom stereocenters. The number of carbonyl (C=O) groups excluding carboxylic acids is 2. The van der Waals surface area contributed by atoms with Gasteiger partial charge in [-0.05, 0) is 41.5 Å². The summed E-state index contributed by atoms with van der Waals surface area (Å²) in [5.41, 5.74) is 2.60. The molecule has 0 radical (unpaired) electrons. The van der Waals surface area contributed by atoms with Gasteiger partial charge in [-0.3, -0.25) is 14.6 Å². The molecule has 0 aliphatic heterocycles. The van der Waals surface area contributed by atoms with Gasteiger partial charge in [-0.25, -0.2) is 0 Å². The van der Waals surface area contributed by atoms with Crippen molar-refractivity contribution in [3.05, 3.63) is 60.3 Å². The van der Waals surface area contributed by atoms with Crippen LogP contribution in [0.1, 0.15) is 23.7 Å². The molecule has 0 aliphatic rings. The molecule has 3 rings (SSSR count). The number of benzene rings is 2. The second-order valence-corrected chi connectivity index (χ2v) is 5.73. The zero-order chi connectivity index (χ0) is 17.8. The summed E-state index contributed by atoms with van der Waals surface area (Å²) >= 11 is 0. The lowest BCUT2D eigenvalue weighted by molar-refractivity contribution is -0.117. The zero-order valence-corrected chi connectivity index (χ0v) is 13.8. The highest BCUT2D eigenvalue weighted by Crippen LogP contribution is 2.30. The van der Waals surface area contributed by atoms with Gasteiger partial charge < -0.3 is 10.4 Å². The number of Topliss-reactive ketones (excluding diaryl/α,β-unsaturated/α-hetero) is 1. The molecule has 0 spiro atoms. The molecule has 2 aromatic carbocycles. The molecule has 1 amide bonds. The molecule has 1 heterocycles. The van der Waals surface area contributed by atoms with E-state index in [9.17, 15) is 14.7 Å². The van der Waals surface area contributed by atoms with Crippen molar-refractivity contribution in [2.75, 3.05) is 6.54 Å². The van der Waals surface area contributed by atoms with Crippen LogP contribution in [0.15, 0.2) is 54.7 Å². The number of fused-ring (bicyclic) bond motifs is 1. The van der Waals surface area contributed by atoms with Gasteiger partial charge in [-0.2, -0.15) is 0 Å². The maximum absolute atomic E-state index is 12.2. The molecule has 126 valence electrons. The minimum Gasteiger partial charge on any atom is -0.506 e. The molecule has 0 unspecified atom stereocenters. The summed E-state index contributed by atoms with van der Waals surface area (Å²) in [6.45, 7) is 1.79. The predicted octanol–water partition coefficient (Wildman–Crippen LogP) is 3.32. The number of nitrogens with one attached hydrogen (secondary N) is 1. The Hall–Kier alpha value is -3.21. The third-order valence-electron chi connectivity index (χ3n) is 3.98. The van der Waals surface area contributed by atoms with E-state index in [1.165, 1.54) is 0 Å². The van der Waals surface area contributed by atoms with Crippen LogP contribution in [0.5, 0.6) is 5.75 Å². The highest BCUT2D eigenvalue weighted by molar-refractivity contribution is 5.98. The maximum Gasteiger partial charge on any atom is 0.251 e. The molecule has 0 saturated heterocycles. The molecule has 3 aromatic rings. The number of nitrogens with zero attached hydrogens (tertiary/aromatic N) is 1. The average molecular weight is 334 g/mol. The second kappa shape index (κ2) is 7.13. The number of pyridine rings is 1. The Balaban J connectivity index is 1.91. The highest BCUT2D eigenvalue weighted by atomic mass is 16.3. The summed E-state index contributed by atoms with van der Waals surface area (Å²) in [5, 5.41) is 13.6. The first-order valence-corrected chi connectivity index (χ1v) is 8.06. The minimum atomic E-state index is -0.296. The van der Waals surface area contributed by atoms with Crippen LogP contribution in [-0.4, -0.2) is 28.3 Å². The van der Waals surface area contributed by atoms with Gasteiger partial charge in [-0.1, -0.05) is 25.1 Å². The van der Waals surface area contributed by atoms with Crippen molar-refractivity contribution in [3.8, 4) is 16.9 Å². The Morgan fingerprint density at radius 1 is 1.08 bits per heavy atom. The van der Waals surface area contributed by atoms with Crippen LogP contribution in [-0.2, 0) is 4.79 Å². The Morgan fingerprint density at radius 2 is 1.92 bits per heavy atom. The van der Waals surface area contributed by atoms with E-state index in [2.05, 4.69) is 10.3 Å². The molecule has 5 nitrogen and oxygen atoms in total. The van der Waals surface area contributed by atoms with Crippen LogP contribution in [0, 0.1) is 0 Å². The Morgan fingerprint density at radius 3 is 2.72 bits per heavy atom. The standard InChI is InChI=1S/C20H18N2O3/c1-2-17(23)12-22-20(25)15-6-3-5-13(9-15)16-10-14-7-4-8-21-19(14)18(24)11-16/h3-11,24H,2,12H2,1H3,(H,22,25). The van der Waals surface area contributed by atoms with E-state index in [1.807, 2.05) is 18.2 Å². The number of amides is 1. The van der Waals surface area contributed by atoms with Gasteiger partial charge in [0.2, 0.25) is 0 Å². The van der Waals surface area contributed by atoms with Crippen LogP contribution in [0.3, 0.4) is 0 Å². The van der Waals surface area contributed by atoms with E-state index in [-0.39, 0.29) is 24.0 Å². The first-order valence-electron chi connectivity index (χ1n) is 8.06. The fraction of sp³-hybridized carbons (Fsp3) is 0.150. The van der Waals surface area contributed by atoms with Gasteiger partial charge >= 0.3 is 0 Å². The van der Waals surface area contributed by atoms with Crippen molar-refractivity contribution in [1.82, 2.24) is 10.3 Å². The van der Waals surface area contributed by atoms with Crippen LogP contribution in [0.25, 0.3) is 22.0 Å². The monoisotopic (exact) mass is 334 g/mol. The zero-order valence-electron chi connectivity index (χ0n) is 13.8. The Bertz CT molecular complexity index is 951. The molecular weight excluding hydrogens is 316 g/mol. The van der Waals surface area contributed by atoms with Crippen molar-refractivity contribution >= 4 is 22.6 Å². The number of carbonyl (C=O) groups is 2. The summed E-state index contributed by atoms with van der Waals surface area (Å²) in [6, 6.07) is 14.3. The van der Waals surface area contributed by atoms with Gasteiger partial charge in [0.1, 0.15) is 11.3 Å². The molecule has 2 N–H and O–H groups in total. The number of hydrogen-bond acceptors (Lipinski definition) is 4. The Kier molecular flexibility index (Phi) is 4.75. The first-order chi connectivity index (χ1) is 12.1. The first kappa shape index (κ1) is 16.6. The smallest absolute Gasteiger partial charge is 0.251 e. The summed E-state index contributed by atoms with van der Waals surface area (Å²) in [7, 11) is 0. The molecule has 0 saturated carbocycles. The fourth-order valence-electron chi connectivity index (χ4n) is 2.59. The molecular formula is C20H18N2O3. The summed E-state index contributed by atoms with van der Waals surface area (Å²) in [6.07, 6.45) is 2.02. The molecule has 0 aliphatic carbocycles. The predicted molar refractivity (Wildman–Crippen MR) is 96.5 cm³/mol. The summed E-state index contributed by atoms with van der Waals surface area (Å²) in [5.74, 6) is -0.219. The summed E-state index contributed by atoms with van der Waals surface area (Å²) in [4.78, 5) is 27.7. The quantitative estimate of drug-likeness (QED) is 0.750. The number of aromatic nitrogens is 1. The fourth-order valence-corrected chi connectivity index (χ4v) is 2.59. The number of rotatable bonds is 5. The third kappa shape index (κ3) is 3.66. The minimum absolute atomic E-state index is 0.0172. The van der Waals surface area contributed by atoms with E-state index in [0.717, 1.165) is 16.5 Å². The lowest BCUT2D eigenvalue weighted by Gasteiger charge is -2.08. The van der Waals surface area contributed by atoms with E-state index < -0.39 is 0 Å². The highest BCUT2D eigenvalue weighted by Gasteiger charge is 2.10. The van der Waals surface area contributed by atoms with Crippen molar-refractivity contribution in [2.24, 2.45) is 0 Å². The lowest BCUT2D eigenvalue weighted by Crippen LogP contribution is -2.29. The van der Waals surface area contributed by atoms with Crippen LogP contribution in [0.2, 0.25) is 0 Å².